The summed E-state index contributed by atoms with van der Waals surface area (Å²) in [6.07, 6.45) is 0. The lowest BCUT2D eigenvalue weighted by atomic mass is 10.2. The van der Waals surface area contributed by atoms with Crippen molar-refractivity contribution < 1.29 is 14.5 Å². The van der Waals surface area contributed by atoms with Crippen molar-refractivity contribution in [3.05, 3.63) is 60.7 Å². The van der Waals surface area contributed by atoms with Gasteiger partial charge in [0.25, 0.3) is 11.6 Å². The van der Waals surface area contributed by atoms with Crippen molar-refractivity contribution in [2.24, 2.45) is 0 Å². The highest BCUT2D eigenvalue weighted by Gasteiger charge is 2.14. The van der Waals surface area contributed by atoms with Gasteiger partial charge in [-0.2, -0.15) is 0 Å². The van der Waals surface area contributed by atoms with E-state index in [9.17, 15) is 19.7 Å². The van der Waals surface area contributed by atoms with Crippen molar-refractivity contribution in [1.29, 1.82) is 0 Å². The van der Waals surface area contributed by atoms with E-state index in [-0.39, 0.29) is 24.7 Å². The van der Waals surface area contributed by atoms with Crippen LogP contribution in [0, 0.1) is 10.1 Å². The maximum Gasteiger partial charge on any atom is 0.274 e. The Labute approximate surface area is 144 Å². The summed E-state index contributed by atoms with van der Waals surface area (Å²) < 4.78 is 0.823. The Hall–Kier alpha value is -2.26. The molecule has 2 aromatic rings. The number of rotatable bonds is 6. The van der Waals surface area contributed by atoms with Crippen molar-refractivity contribution in [2.45, 2.75) is 6.54 Å². The lowest BCUT2D eigenvalue weighted by Crippen LogP contribution is -2.36. The molecule has 1 aromatic heterocycles. The lowest BCUT2D eigenvalue weighted by Gasteiger charge is -2.07. The fourth-order valence-corrected chi connectivity index (χ4v) is 3.08. The van der Waals surface area contributed by atoms with E-state index in [0.717, 1.165) is 3.79 Å². The highest BCUT2D eigenvalue weighted by molar-refractivity contribution is 9.11. The van der Waals surface area contributed by atoms with Gasteiger partial charge in [0, 0.05) is 18.2 Å². The Bertz CT molecular complexity index is 747. The van der Waals surface area contributed by atoms with E-state index < -0.39 is 10.8 Å². The molecular weight excluding hydrogens is 386 g/mol. The number of hydrogen-bond acceptors (Lipinski definition) is 5. The van der Waals surface area contributed by atoms with Crippen LogP contribution in [0.5, 0.6) is 0 Å². The fourth-order valence-electron chi connectivity index (χ4n) is 1.78. The molecule has 7 nitrogen and oxygen atoms in total. The van der Waals surface area contributed by atoms with E-state index >= 15 is 0 Å². The van der Waals surface area contributed by atoms with Gasteiger partial charge in [-0.3, -0.25) is 19.7 Å². The topological polar surface area (TPSA) is 101 Å². The Kier molecular flexibility index (Phi) is 5.83. The number of carbonyl (C=O) groups is 2. The van der Waals surface area contributed by atoms with Crippen molar-refractivity contribution in [1.82, 2.24) is 10.6 Å². The normalized spacial score (nSPS) is 10.1. The standard InChI is InChI=1S/C14H12BrN3O4S/c15-12-6-5-11(23-12)14(20)17-8-13(19)16-7-9-3-1-2-4-10(9)18(21)22/h1-6H,7-8H2,(H,16,19)(H,17,20). The highest BCUT2D eigenvalue weighted by atomic mass is 79.9. The van der Waals surface area contributed by atoms with Gasteiger partial charge in [-0.15, -0.1) is 11.3 Å². The number of nitro benzene ring substituents is 1. The minimum atomic E-state index is -0.502. The van der Waals surface area contributed by atoms with Crippen LogP contribution < -0.4 is 10.6 Å². The molecule has 0 saturated carbocycles. The third-order valence-corrected chi connectivity index (χ3v) is 4.49. The molecule has 0 bridgehead atoms. The summed E-state index contributed by atoms with van der Waals surface area (Å²) in [6.45, 7) is -0.175. The van der Waals surface area contributed by atoms with Crippen LogP contribution in [-0.2, 0) is 11.3 Å². The molecule has 0 aliphatic carbocycles. The zero-order valence-corrected chi connectivity index (χ0v) is 14.1. The van der Waals surface area contributed by atoms with E-state index in [1.54, 1.807) is 30.3 Å². The van der Waals surface area contributed by atoms with Crippen LogP contribution in [0.15, 0.2) is 40.2 Å². The van der Waals surface area contributed by atoms with Crippen molar-refractivity contribution in [3.63, 3.8) is 0 Å². The molecule has 0 aliphatic rings. The van der Waals surface area contributed by atoms with Crippen molar-refractivity contribution in [3.8, 4) is 0 Å². The average molecular weight is 398 g/mol. The molecule has 2 rings (SSSR count). The number of amides is 2. The van der Waals surface area contributed by atoms with Crippen LogP contribution >= 0.6 is 27.3 Å². The van der Waals surface area contributed by atoms with E-state index in [1.165, 1.54) is 17.4 Å². The van der Waals surface area contributed by atoms with Gasteiger partial charge < -0.3 is 10.6 Å². The zero-order chi connectivity index (χ0) is 16.8. The molecule has 0 aliphatic heterocycles. The van der Waals surface area contributed by atoms with Gasteiger partial charge >= 0.3 is 0 Å². The van der Waals surface area contributed by atoms with Gasteiger partial charge in [-0.1, -0.05) is 18.2 Å². The Morgan fingerprint density at radius 1 is 1.17 bits per heavy atom. The minimum Gasteiger partial charge on any atom is -0.350 e. The first kappa shape index (κ1) is 17.1. The summed E-state index contributed by atoms with van der Waals surface area (Å²) in [5.41, 5.74) is 0.347. The second-order valence-electron chi connectivity index (χ2n) is 4.45. The third kappa shape index (κ3) is 4.86. The van der Waals surface area contributed by atoms with E-state index in [4.69, 9.17) is 0 Å². The summed E-state index contributed by atoms with van der Waals surface area (Å²) in [5, 5.41) is 15.9. The van der Waals surface area contributed by atoms with Crippen LogP contribution in [0.2, 0.25) is 0 Å². The molecule has 0 saturated heterocycles. The van der Waals surface area contributed by atoms with Gasteiger partial charge in [-0.05, 0) is 28.1 Å². The number of hydrogen-bond donors (Lipinski definition) is 2. The smallest absolute Gasteiger partial charge is 0.274 e. The first-order valence-corrected chi connectivity index (χ1v) is 8.11. The quantitative estimate of drug-likeness (QED) is 0.577. The van der Waals surface area contributed by atoms with Crippen molar-refractivity contribution >= 4 is 44.8 Å². The van der Waals surface area contributed by atoms with Crippen LogP contribution in [0.25, 0.3) is 0 Å². The monoisotopic (exact) mass is 397 g/mol. The predicted octanol–water partition coefficient (Wildman–Crippen LogP) is 2.47. The molecule has 1 aromatic carbocycles. The number of nitro groups is 1. The molecule has 0 fully saturated rings. The fraction of sp³-hybridized carbons (Fsp3) is 0.143. The second-order valence-corrected chi connectivity index (χ2v) is 6.91. The van der Waals surface area contributed by atoms with E-state index in [0.29, 0.717) is 10.4 Å². The number of carbonyl (C=O) groups excluding carboxylic acids is 2. The van der Waals surface area contributed by atoms with Gasteiger partial charge in [0.1, 0.15) is 0 Å². The number of benzene rings is 1. The molecule has 0 radical (unpaired) electrons. The summed E-state index contributed by atoms with van der Waals surface area (Å²) in [5.74, 6) is -0.770. The summed E-state index contributed by atoms with van der Waals surface area (Å²) in [4.78, 5) is 34.4. The van der Waals surface area contributed by atoms with Gasteiger partial charge in [0.2, 0.25) is 5.91 Å². The van der Waals surface area contributed by atoms with Crippen LogP contribution in [-0.4, -0.2) is 23.3 Å². The number of halogens is 1. The average Bonchev–Trinajstić information content (AvgIpc) is 2.97. The zero-order valence-electron chi connectivity index (χ0n) is 11.7. The first-order chi connectivity index (χ1) is 11.0. The molecule has 2 N–H and O–H groups in total. The van der Waals surface area contributed by atoms with Crippen LogP contribution in [0.4, 0.5) is 5.69 Å². The predicted molar refractivity (Wildman–Crippen MR) is 89.3 cm³/mol. The Morgan fingerprint density at radius 2 is 1.91 bits per heavy atom. The Balaban J connectivity index is 1.84. The van der Waals surface area contributed by atoms with Gasteiger partial charge in [-0.25, -0.2) is 0 Å². The molecular formula is C14H12BrN3O4S. The van der Waals surface area contributed by atoms with Crippen molar-refractivity contribution in [2.75, 3.05) is 6.54 Å². The molecule has 0 unspecified atom stereocenters. The summed E-state index contributed by atoms with van der Waals surface area (Å²) >= 11 is 4.51. The summed E-state index contributed by atoms with van der Waals surface area (Å²) in [7, 11) is 0. The maximum absolute atomic E-state index is 11.8. The number of para-hydroxylation sites is 1. The molecule has 9 heteroatoms. The lowest BCUT2D eigenvalue weighted by molar-refractivity contribution is -0.385. The Morgan fingerprint density at radius 3 is 2.57 bits per heavy atom. The molecule has 120 valence electrons. The van der Waals surface area contributed by atoms with E-state index in [1.807, 2.05) is 0 Å². The first-order valence-electron chi connectivity index (χ1n) is 6.50. The number of nitrogens with one attached hydrogen (secondary N) is 2. The number of thiophene rings is 1. The number of nitrogens with zero attached hydrogens (tertiary/aromatic N) is 1. The van der Waals surface area contributed by atoms with Gasteiger partial charge in [0.05, 0.1) is 20.1 Å². The van der Waals surface area contributed by atoms with Crippen LogP contribution in [0.3, 0.4) is 0 Å². The second kappa shape index (κ2) is 7.84. The van der Waals surface area contributed by atoms with E-state index in [2.05, 4.69) is 26.6 Å². The molecule has 0 spiro atoms. The molecule has 1 heterocycles. The molecule has 23 heavy (non-hydrogen) atoms. The van der Waals surface area contributed by atoms with Crippen LogP contribution in [0.1, 0.15) is 15.2 Å². The highest BCUT2D eigenvalue weighted by Crippen LogP contribution is 2.21. The molecule has 0 atom stereocenters. The van der Waals surface area contributed by atoms with Gasteiger partial charge in [0.15, 0.2) is 0 Å². The summed E-state index contributed by atoms with van der Waals surface area (Å²) in [6, 6.07) is 9.55. The maximum atomic E-state index is 11.8. The molecule has 2 amide bonds. The minimum absolute atomic E-state index is 0.0242. The largest absolute Gasteiger partial charge is 0.350 e. The third-order valence-electron chi connectivity index (χ3n) is 2.87. The SMILES string of the molecule is O=C(CNC(=O)c1ccc(Br)s1)NCc1ccccc1[N+](=O)[O-].